The van der Waals surface area contributed by atoms with Crippen LogP contribution >= 0.6 is 0 Å². The van der Waals surface area contributed by atoms with Crippen molar-refractivity contribution in [3.05, 3.63) is 87.5 Å². The summed E-state index contributed by atoms with van der Waals surface area (Å²) in [7, 11) is -3.44. The van der Waals surface area contributed by atoms with Crippen LogP contribution in [-0.2, 0) is 25.9 Å². The number of halogens is 2. The summed E-state index contributed by atoms with van der Waals surface area (Å²) in [5.74, 6) is -1.94. The Morgan fingerprint density at radius 2 is 1.79 bits per heavy atom. The molecule has 0 fully saturated rings. The molecule has 1 aliphatic rings. The maximum atomic E-state index is 13.9. The van der Waals surface area contributed by atoms with Gasteiger partial charge in [0.2, 0.25) is 5.91 Å². The lowest BCUT2D eigenvalue weighted by Crippen LogP contribution is -2.44. The molecule has 200 valence electrons. The Morgan fingerprint density at radius 1 is 1.13 bits per heavy atom. The molecule has 1 heterocycles. The molecule has 3 aromatic rings. The van der Waals surface area contributed by atoms with Gasteiger partial charge in [0.05, 0.1) is 11.3 Å². The van der Waals surface area contributed by atoms with Crippen molar-refractivity contribution in [3.63, 3.8) is 0 Å². The predicted octanol–water partition coefficient (Wildman–Crippen LogP) is 3.22. The number of nitrogens with zero attached hydrogens (tertiary/aromatic N) is 1. The number of ether oxygens (including phenoxy) is 2. The van der Waals surface area contributed by atoms with Gasteiger partial charge >= 0.3 is 0 Å². The first-order valence-electron chi connectivity index (χ1n) is 11.2. The molecule has 2 unspecified atom stereocenters. The van der Waals surface area contributed by atoms with Crippen molar-refractivity contribution in [1.29, 1.82) is 0 Å². The van der Waals surface area contributed by atoms with Gasteiger partial charge in [0.15, 0.2) is 33.5 Å². The van der Waals surface area contributed by atoms with Crippen LogP contribution in [0.4, 0.5) is 8.78 Å². The standard InChI is InChI=1S/C25H22F2N2O8S/c1-38(33,34)19-4-2-15(3-5-19)20-11-21-22(9-16(20)6-14-7-17(26)10-18(27)8-14)36-24(13-35-21)23(12-25(28)30)37-29(31)32/h2-5,7-11,23-24H,6,12-13H2,1H3,(H2,28,30). The Hall–Kier alpha value is -4.26. The van der Waals surface area contributed by atoms with Crippen molar-refractivity contribution in [1.82, 2.24) is 0 Å². The number of hydrogen-bond donors (Lipinski definition) is 1. The molecule has 38 heavy (non-hydrogen) atoms. The zero-order valence-electron chi connectivity index (χ0n) is 19.9. The molecule has 3 aromatic carbocycles. The fraction of sp³-hybridized carbons (Fsp3) is 0.240. The van der Waals surface area contributed by atoms with Crippen LogP contribution in [-0.4, -0.2) is 44.5 Å². The number of benzene rings is 3. The third-order valence-corrected chi connectivity index (χ3v) is 6.93. The van der Waals surface area contributed by atoms with Crippen LogP contribution in [0, 0.1) is 21.7 Å². The van der Waals surface area contributed by atoms with Gasteiger partial charge in [0.25, 0.3) is 5.09 Å². The molecular weight excluding hydrogens is 526 g/mol. The third-order valence-electron chi connectivity index (χ3n) is 5.80. The first-order valence-corrected chi connectivity index (χ1v) is 13.1. The zero-order valence-corrected chi connectivity index (χ0v) is 20.7. The summed E-state index contributed by atoms with van der Waals surface area (Å²) in [6, 6.07) is 12.3. The Bertz CT molecular complexity index is 1460. The molecule has 0 bridgehead atoms. The molecule has 0 aliphatic carbocycles. The lowest BCUT2D eigenvalue weighted by Gasteiger charge is -2.31. The number of amides is 1. The summed E-state index contributed by atoms with van der Waals surface area (Å²) in [5, 5.41) is 9.86. The van der Waals surface area contributed by atoms with E-state index in [0.717, 1.165) is 12.3 Å². The fourth-order valence-corrected chi connectivity index (χ4v) is 4.76. The molecular formula is C25H22F2N2O8S. The first kappa shape index (κ1) is 26.8. The van der Waals surface area contributed by atoms with Crippen LogP contribution in [0.5, 0.6) is 11.5 Å². The first-order chi connectivity index (χ1) is 17.9. The van der Waals surface area contributed by atoms with Gasteiger partial charge < -0.3 is 20.0 Å². The Morgan fingerprint density at radius 3 is 2.37 bits per heavy atom. The van der Waals surface area contributed by atoms with E-state index in [1.54, 1.807) is 24.3 Å². The summed E-state index contributed by atoms with van der Waals surface area (Å²) in [6.45, 7) is -0.195. The minimum absolute atomic E-state index is 0.0509. The van der Waals surface area contributed by atoms with Gasteiger partial charge in [0.1, 0.15) is 18.2 Å². The van der Waals surface area contributed by atoms with Crippen molar-refractivity contribution in [3.8, 4) is 22.6 Å². The van der Waals surface area contributed by atoms with Crippen LogP contribution in [0.3, 0.4) is 0 Å². The number of carbonyl (C=O) groups excluding carboxylic acids is 1. The van der Waals surface area contributed by atoms with Crippen LogP contribution < -0.4 is 15.2 Å². The van der Waals surface area contributed by atoms with Gasteiger partial charge in [0, 0.05) is 12.3 Å². The number of rotatable bonds is 9. The highest BCUT2D eigenvalue weighted by Gasteiger charge is 2.34. The SMILES string of the molecule is CS(=O)(=O)c1ccc(-c2cc3c(cc2Cc2cc(F)cc(F)c2)OC(C(CC(N)=O)O[N+](=O)[O-])CO3)cc1. The maximum absolute atomic E-state index is 13.9. The van der Waals surface area contributed by atoms with Crippen molar-refractivity contribution >= 4 is 15.7 Å². The van der Waals surface area contributed by atoms with E-state index in [1.807, 2.05) is 0 Å². The molecule has 0 radical (unpaired) electrons. The molecule has 2 N–H and O–H groups in total. The van der Waals surface area contributed by atoms with Crippen LogP contribution in [0.2, 0.25) is 0 Å². The third kappa shape index (κ3) is 6.35. The van der Waals surface area contributed by atoms with Gasteiger partial charge in [-0.05, 0) is 65.1 Å². The molecule has 13 heteroatoms. The number of primary amides is 1. The van der Waals surface area contributed by atoms with E-state index >= 15 is 0 Å². The Labute approximate surface area is 215 Å². The highest BCUT2D eigenvalue weighted by Crippen LogP contribution is 2.40. The van der Waals surface area contributed by atoms with Crippen molar-refractivity contribution in [2.75, 3.05) is 12.9 Å². The molecule has 0 aromatic heterocycles. The molecule has 0 saturated carbocycles. The van der Waals surface area contributed by atoms with Gasteiger partial charge in [-0.15, -0.1) is 10.1 Å². The minimum Gasteiger partial charge on any atom is -0.486 e. The molecule has 1 aliphatic heterocycles. The molecule has 1 amide bonds. The summed E-state index contributed by atoms with van der Waals surface area (Å²) in [5.41, 5.74) is 7.21. The maximum Gasteiger partial charge on any atom is 0.294 e. The highest BCUT2D eigenvalue weighted by molar-refractivity contribution is 7.90. The van der Waals surface area contributed by atoms with E-state index in [2.05, 4.69) is 4.84 Å². The van der Waals surface area contributed by atoms with Crippen LogP contribution in [0.25, 0.3) is 11.1 Å². The summed E-state index contributed by atoms with van der Waals surface area (Å²) in [6.07, 6.45) is -1.75. The van der Waals surface area contributed by atoms with Crippen LogP contribution in [0.15, 0.2) is 59.5 Å². The zero-order chi connectivity index (χ0) is 27.6. The molecule has 10 nitrogen and oxygen atoms in total. The van der Waals surface area contributed by atoms with Gasteiger partial charge in [-0.25, -0.2) is 17.2 Å². The quantitative estimate of drug-likeness (QED) is 0.317. The molecule has 0 saturated heterocycles. The minimum atomic E-state index is -3.44. The lowest BCUT2D eigenvalue weighted by molar-refractivity contribution is -0.770. The second-order valence-corrected chi connectivity index (χ2v) is 10.7. The van der Waals surface area contributed by atoms with E-state index in [0.29, 0.717) is 22.3 Å². The second-order valence-electron chi connectivity index (χ2n) is 8.71. The monoisotopic (exact) mass is 548 g/mol. The lowest BCUT2D eigenvalue weighted by atomic mass is 9.93. The van der Waals surface area contributed by atoms with Gasteiger partial charge in [-0.1, -0.05) is 12.1 Å². The topological polar surface area (TPSA) is 148 Å². The number of sulfone groups is 1. The molecule has 4 rings (SSSR count). The number of hydrogen-bond acceptors (Lipinski definition) is 8. The molecule has 2 atom stereocenters. The largest absolute Gasteiger partial charge is 0.486 e. The van der Waals surface area contributed by atoms with Gasteiger partial charge in [-0.3, -0.25) is 4.79 Å². The average molecular weight is 549 g/mol. The number of fused-ring (bicyclic) bond motifs is 1. The van der Waals surface area contributed by atoms with E-state index in [4.69, 9.17) is 15.2 Å². The van der Waals surface area contributed by atoms with Gasteiger partial charge in [-0.2, -0.15) is 0 Å². The Kier molecular flexibility index (Phi) is 7.49. The number of carbonyl (C=O) groups is 1. The molecule has 0 spiro atoms. The second kappa shape index (κ2) is 10.6. The summed E-state index contributed by atoms with van der Waals surface area (Å²) < 4.78 is 63.2. The smallest absolute Gasteiger partial charge is 0.294 e. The summed E-state index contributed by atoms with van der Waals surface area (Å²) in [4.78, 5) is 27.0. The van der Waals surface area contributed by atoms with E-state index in [1.165, 1.54) is 24.3 Å². The summed E-state index contributed by atoms with van der Waals surface area (Å²) >= 11 is 0. The van der Waals surface area contributed by atoms with E-state index < -0.39 is 51.1 Å². The normalized spacial score (nSPS) is 15.5. The number of nitrogens with two attached hydrogens (primary N) is 1. The predicted molar refractivity (Wildman–Crippen MR) is 130 cm³/mol. The highest BCUT2D eigenvalue weighted by atomic mass is 32.2. The van der Waals surface area contributed by atoms with Crippen molar-refractivity contribution in [2.45, 2.75) is 29.9 Å². The van der Waals surface area contributed by atoms with E-state index in [-0.39, 0.29) is 29.4 Å². The van der Waals surface area contributed by atoms with Crippen molar-refractivity contribution in [2.24, 2.45) is 5.73 Å². The fourth-order valence-electron chi connectivity index (χ4n) is 4.13. The van der Waals surface area contributed by atoms with E-state index in [9.17, 15) is 32.1 Å². The Balaban J connectivity index is 1.76. The average Bonchev–Trinajstić information content (AvgIpc) is 2.81. The van der Waals surface area contributed by atoms with Crippen molar-refractivity contribution < 1.29 is 41.4 Å². The van der Waals surface area contributed by atoms with Crippen LogP contribution in [0.1, 0.15) is 17.5 Å².